The van der Waals surface area contributed by atoms with Crippen molar-refractivity contribution in [1.29, 1.82) is 0 Å². The van der Waals surface area contributed by atoms with Crippen molar-refractivity contribution in [1.82, 2.24) is 15.2 Å². The molecule has 202 valence electrons. The predicted octanol–water partition coefficient (Wildman–Crippen LogP) is 5.38. The van der Waals surface area contributed by atoms with Crippen molar-refractivity contribution < 1.29 is 26.8 Å². The van der Waals surface area contributed by atoms with Gasteiger partial charge in [-0.15, -0.1) is 0 Å². The quantitative estimate of drug-likeness (QED) is 0.316. The number of aromatic nitrogens is 3. The summed E-state index contributed by atoms with van der Waals surface area (Å²) in [6, 6.07) is 9.39. The number of halogens is 4. The van der Waals surface area contributed by atoms with Crippen LogP contribution in [0, 0.1) is 11.7 Å². The molecule has 12 heteroatoms. The molecule has 39 heavy (non-hydrogen) atoms. The topological polar surface area (TPSA) is 110 Å². The third-order valence-electron chi connectivity index (χ3n) is 6.61. The molecule has 0 spiro atoms. The molecule has 0 aliphatic carbocycles. The van der Waals surface area contributed by atoms with Gasteiger partial charge in [0.05, 0.1) is 34.9 Å². The Morgan fingerprint density at radius 2 is 1.95 bits per heavy atom. The van der Waals surface area contributed by atoms with Crippen LogP contribution >= 0.6 is 0 Å². The fraction of sp³-hybridized carbons (Fsp3) is 0.259. The summed E-state index contributed by atoms with van der Waals surface area (Å²) in [6.45, 7) is 0.872. The van der Waals surface area contributed by atoms with E-state index in [4.69, 9.17) is 10.2 Å². The number of hydrogen-bond acceptors (Lipinski definition) is 7. The molecule has 1 amide bonds. The van der Waals surface area contributed by atoms with Crippen LogP contribution in [0.3, 0.4) is 0 Å². The zero-order valence-electron chi connectivity index (χ0n) is 20.6. The van der Waals surface area contributed by atoms with Gasteiger partial charge >= 0.3 is 6.18 Å². The number of oxazole rings is 1. The summed E-state index contributed by atoms with van der Waals surface area (Å²) < 4.78 is 64.4. The van der Waals surface area contributed by atoms with Gasteiger partial charge in [-0.2, -0.15) is 23.4 Å². The molecule has 0 saturated carbocycles. The van der Waals surface area contributed by atoms with Gasteiger partial charge in [0.15, 0.2) is 5.69 Å². The summed E-state index contributed by atoms with van der Waals surface area (Å²) in [5.41, 5.74) is 4.32. The fourth-order valence-corrected chi connectivity index (χ4v) is 4.79. The summed E-state index contributed by atoms with van der Waals surface area (Å²) >= 11 is 0. The van der Waals surface area contributed by atoms with E-state index in [9.17, 15) is 22.4 Å². The van der Waals surface area contributed by atoms with Gasteiger partial charge in [0, 0.05) is 18.7 Å². The van der Waals surface area contributed by atoms with Crippen LogP contribution in [0.1, 0.15) is 28.9 Å². The lowest BCUT2D eigenvalue weighted by molar-refractivity contribution is -0.136. The van der Waals surface area contributed by atoms with Crippen molar-refractivity contribution in [2.24, 2.45) is 11.7 Å². The van der Waals surface area contributed by atoms with E-state index in [2.05, 4.69) is 20.5 Å². The van der Waals surface area contributed by atoms with Gasteiger partial charge in [0.1, 0.15) is 12.1 Å². The minimum Gasteiger partial charge on any atom is -0.444 e. The molecule has 0 radical (unpaired) electrons. The average Bonchev–Trinajstić information content (AvgIpc) is 3.44. The second kappa shape index (κ2) is 10.8. The van der Waals surface area contributed by atoms with Gasteiger partial charge < -0.3 is 20.4 Å². The molecule has 2 aromatic heterocycles. The number of nitrogens with zero attached hydrogens (tertiary/aromatic N) is 4. The summed E-state index contributed by atoms with van der Waals surface area (Å²) in [6.07, 6.45) is 0.451. The van der Waals surface area contributed by atoms with Crippen LogP contribution in [0.5, 0.6) is 0 Å². The second-order valence-electron chi connectivity index (χ2n) is 9.18. The van der Waals surface area contributed by atoms with Gasteiger partial charge in [-0.1, -0.05) is 24.3 Å². The number of rotatable bonds is 6. The van der Waals surface area contributed by atoms with E-state index in [1.807, 2.05) is 0 Å². The molecule has 2 aromatic carbocycles. The fourth-order valence-electron chi connectivity index (χ4n) is 4.79. The van der Waals surface area contributed by atoms with E-state index in [1.54, 1.807) is 11.0 Å². The molecule has 5 rings (SSSR count). The maximum absolute atomic E-state index is 14.8. The number of carbonyl (C=O) groups is 1. The third-order valence-corrected chi connectivity index (χ3v) is 6.61. The van der Waals surface area contributed by atoms with Crippen LogP contribution in [0.15, 0.2) is 65.5 Å². The van der Waals surface area contributed by atoms with Crippen molar-refractivity contribution in [3.8, 4) is 22.6 Å². The predicted molar refractivity (Wildman–Crippen MR) is 136 cm³/mol. The molecule has 1 saturated heterocycles. The van der Waals surface area contributed by atoms with Crippen LogP contribution in [0.25, 0.3) is 22.6 Å². The van der Waals surface area contributed by atoms with Crippen molar-refractivity contribution in [2.75, 3.05) is 29.9 Å². The van der Waals surface area contributed by atoms with E-state index in [-0.39, 0.29) is 46.5 Å². The monoisotopic (exact) mass is 540 g/mol. The number of carbonyl (C=O) groups excluding carboxylic acids is 1. The maximum atomic E-state index is 14.8. The number of anilines is 2. The molecule has 3 N–H and O–H groups in total. The first-order valence-electron chi connectivity index (χ1n) is 12.2. The Morgan fingerprint density at radius 3 is 2.67 bits per heavy atom. The summed E-state index contributed by atoms with van der Waals surface area (Å²) in [4.78, 5) is 18.9. The van der Waals surface area contributed by atoms with Crippen LogP contribution in [0.4, 0.5) is 28.9 Å². The molecule has 1 aliphatic heterocycles. The van der Waals surface area contributed by atoms with Gasteiger partial charge in [-0.3, -0.25) is 4.79 Å². The number of piperidine rings is 1. The van der Waals surface area contributed by atoms with E-state index < -0.39 is 23.5 Å². The van der Waals surface area contributed by atoms with Gasteiger partial charge in [-0.25, -0.2) is 9.37 Å². The van der Waals surface area contributed by atoms with Gasteiger partial charge in [0.25, 0.3) is 5.91 Å². The van der Waals surface area contributed by atoms with Crippen molar-refractivity contribution in [3.05, 3.63) is 78.2 Å². The van der Waals surface area contributed by atoms with E-state index >= 15 is 0 Å². The Balaban J connectivity index is 1.60. The SMILES string of the molecule is NC[C@@H]1CCCN(c2c(NC(=O)c3coc(-c4ccnnc4)n3)ccc(-c3ccccc3F)c2C(F)(F)F)C1. The molecular formula is C27H24F4N6O2. The van der Waals surface area contributed by atoms with Gasteiger partial charge in [0.2, 0.25) is 5.89 Å². The first-order valence-corrected chi connectivity index (χ1v) is 12.2. The van der Waals surface area contributed by atoms with E-state index in [0.717, 1.165) is 18.8 Å². The molecule has 1 atom stereocenters. The highest BCUT2D eigenvalue weighted by Gasteiger charge is 2.41. The van der Waals surface area contributed by atoms with E-state index in [0.29, 0.717) is 25.1 Å². The molecule has 3 heterocycles. The largest absolute Gasteiger partial charge is 0.444 e. The molecule has 0 bridgehead atoms. The van der Waals surface area contributed by atoms with Crippen LogP contribution in [0.2, 0.25) is 0 Å². The van der Waals surface area contributed by atoms with Crippen LogP contribution < -0.4 is 16.0 Å². The zero-order valence-corrected chi connectivity index (χ0v) is 20.6. The zero-order chi connectivity index (χ0) is 27.6. The normalized spacial score (nSPS) is 15.8. The molecule has 0 unspecified atom stereocenters. The van der Waals surface area contributed by atoms with Crippen molar-refractivity contribution >= 4 is 17.3 Å². The lowest BCUT2D eigenvalue weighted by Crippen LogP contribution is -2.40. The highest BCUT2D eigenvalue weighted by molar-refractivity contribution is 6.05. The lowest BCUT2D eigenvalue weighted by atomic mass is 9.92. The standard InChI is InChI=1S/C27H24F4N6O2/c28-20-6-2-1-5-18(20)19-7-8-21(24(23(19)27(29,30)31)37-11-3-4-16(12-32)14-37)35-25(38)22-15-39-26(36-22)17-9-10-33-34-13-17/h1-2,5-10,13,15-16H,3-4,11-12,14,32H2,(H,35,38)/t16-/m0/s1. The molecule has 4 aromatic rings. The molecule has 1 fully saturated rings. The highest BCUT2D eigenvalue weighted by Crippen LogP contribution is 2.48. The Kier molecular flexibility index (Phi) is 7.29. The minimum atomic E-state index is -4.86. The van der Waals surface area contributed by atoms with Crippen LogP contribution in [-0.2, 0) is 6.18 Å². The first kappa shape index (κ1) is 26.3. The maximum Gasteiger partial charge on any atom is 0.419 e. The number of nitrogens with two attached hydrogens (primary N) is 1. The summed E-state index contributed by atoms with van der Waals surface area (Å²) in [5.74, 6) is -1.49. The lowest BCUT2D eigenvalue weighted by Gasteiger charge is -2.37. The van der Waals surface area contributed by atoms with Crippen molar-refractivity contribution in [3.63, 3.8) is 0 Å². The summed E-state index contributed by atoms with van der Waals surface area (Å²) in [5, 5.41) is 9.97. The van der Waals surface area contributed by atoms with Crippen LogP contribution in [-0.4, -0.2) is 40.7 Å². The average molecular weight is 541 g/mol. The van der Waals surface area contributed by atoms with E-state index in [1.165, 1.54) is 42.7 Å². The smallest absolute Gasteiger partial charge is 0.419 e. The molecule has 8 nitrogen and oxygen atoms in total. The summed E-state index contributed by atoms with van der Waals surface area (Å²) in [7, 11) is 0. The Hall–Kier alpha value is -4.32. The second-order valence-corrected chi connectivity index (χ2v) is 9.18. The number of benzene rings is 2. The number of alkyl halides is 3. The Morgan fingerprint density at radius 1 is 1.13 bits per heavy atom. The van der Waals surface area contributed by atoms with Gasteiger partial charge in [-0.05, 0) is 49.1 Å². The number of hydrogen-bond donors (Lipinski definition) is 2. The Labute approximate surface area is 220 Å². The van der Waals surface area contributed by atoms with Crippen molar-refractivity contribution in [2.45, 2.75) is 19.0 Å². The minimum absolute atomic E-state index is 0.0347. The molecule has 1 aliphatic rings. The highest BCUT2D eigenvalue weighted by atomic mass is 19.4. The number of amides is 1. The Bertz CT molecular complexity index is 1470. The number of nitrogens with one attached hydrogen (secondary N) is 1. The first-order chi connectivity index (χ1) is 18.8. The molecular weight excluding hydrogens is 516 g/mol. The third kappa shape index (κ3) is 5.46.